The quantitative estimate of drug-likeness (QED) is 0.801. The highest BCUT2D eigenvalue weighted by Crippen LogP contribution is 2.33. The third kappa shape index (κ3) is 4.71. The molecule has 3 rings (SSSR count). The predicted octanol–water partition coefficient (Wildman–Crippen LogP) is 3.82. The van der Waals surface area contributed by atoms with Crippen LogP contribution in [0.1, 0.15) is 28.8 Å². The van der Waals surface area contributed by atoms with E-state index in [1.54, 1.807) is 38.5 Å². The Morgan fingerprint density at radius 3 is 2.67 bits per heavy atom. The number of anilines is 1. The Morgan fingerprint density at radius 2 is 1.96 bits per heavy atom. The first-order valence-corrected chi connectivity index (χ1v) is 8.99. The average molecular weight is 371 g/mol. The second kappa shape index (κ2) is 8.77. The fourth-order valence-corrected chi connectivity index (χ4v) is 3.00. The lowest BCUT2D eigenvalue weighted by molar-refractivity contribution is 0.0679. The summed E-state index contributed by atoms with van der Waals surface area (Å²) in [5, 5.41) is 2.92. The molecule has 0 spiro atoms. The van der Waals surface area contributed by atoms with Gasteiger partial charge in [0.1, 0.15) is 12.4 Å². The van der Waals surface area contributed by atoms with E-state index in [4.69, 9.17) is 18.9 Å². The number of benzene rings is 2. The van der Waals surface area contributed by atoms with Gasteiger partial charge in [-0.05, 0) is 49.6 Å². The number of rotatable bonds is 7. The zero-order valence-corrected chi connectivity index (χ0v) is 15.9. The standard InChI is InChI=1S/C21H25NO5/c1-14-10-19(24-2)20(25-3)12-18(14)22-21(23)15-6-4-7-16(11-15)27-13-17-8-5-9-26-17/h4,6-7,10-12,17H,5,8-9,13H2,1-3H3,(H,22,23). The van der Waals surface area contributed by atoms with Crippen molar-refractivity contribution in [2.24, 2.45) is 0 Å². The first kappa shape index (κ1) is 19.0. The minimum Gasteiger partial charge on any atom is -0.493 e. The van der Waals surface area contributed by atoms with Gasteiger partial charge in [0.15, 0.2) is 11.5 Å². The number of methoxy groups -OCH3 is 2. The molecule has 2 aromatic rings. The monoisotopic (exact) mass is 371 g/mol. The molecule has 1 unspecified atom stereocenters. The maximum Gasteiger partial charge on any atom is 0.255 e. The summed E-state index contributed by atoms with van der Waals surface area (Å²) in [4.78, 5) is 12.7. The van der Waals surface area contributed by atoms with Gasteiger partial charge in [-0.25, -0.2) is 0 Å². The van der Waals surface area contributed by atoms with E-state index in [9.17, 15) is 4.79 Å². The lowest BCUT2D eigenvalue weighted by atomic mass is 10.1. The van der Waals surface area contributed by atoms with Crippen LogP contribution in [0.5, 0.6) is 17.2 Å². The van der Waals surface area contributed by atoms with Gasteiger partial charge in [0.25, 0.3) is 5.91 Å². The van der Waals surface area contributed by atoms with Crippen LogP contribution < -0.4 is 19.5 Å². The van der Waals surface area contributed by atoms with Crippen molar-refractivity contribution in [3.8, 4) is 17.2 Å². The molecule has 1 fully saturated rings. The Hall–Kier alpha value is -2.73. The molecule has 1 N–H and O–H groups in total. The summed E-state index contributed by atoms with van der Waals surface area (Å²) in [7, 11) is 3.14. The number of nitrogens with one attached hydrogen (secondary N) is 1. The molecule has 0 bridgehead atoms. The Balaban J connectivity index is 1.69. The Bertz CT molecular complexity index is 799. The fourth-order valence-electron chi connectivity index (χ4n) is 3.00. The minimum atomic E-state index is -0.215. The Labute approximate surface area is 159 Å². The van der Waals surface area contributed by atoms with Crippen LogP contribution in [0.4, 0.5) is 5.69 Å². The molecule has 6 nitrogen and oxygen atoms in total. The van der Waals surface area contributed by atoms with E-state index in [-0.39, 0.29) is 12.0 Å². The molecular formula is C21H25NO5. The zero-order chi connectivity index (χ0) is 19.2. The van der Waals surface area contributed by atoms with E-state index >= 15 is 0 Å². The van der Waals surface area contributed by atoms with Crippen molar-refractivity contribution in [1.82, 2.24) is 0 Å². The molecule has 1 aliphatic rings. The minimum absolute atomic E-state index is 0.136. The fraction of sp³-hybridized carbons (Fsp3) is 0.381. The van der Waals surface area contributed by atoms with Crippen molar-refractivity contribution in [3.63, 3.8) is 0 Å². The highest BCUT2D eigenvalue weighted by Gasteiger charge is 2.17. The van der Waals surface area contributed by atoms with Crippen molar-refractivity contribution in [2.45, 2.75) is 25.9 Å². The number of ether oxygens (including phenoxy) is 4. The number of aryl methyl sites for hydroxylation is 1. The Morgan fingerprint density at radius 1 is 1.19 bits per heavy atom. The molecule has 0 aliphatic carbocycles. The van der Waals surface area contributed by atoms with Gasteiger partial charge in [-0.3, -0.25) is 4.79 Å². The Kier molecular flexibility index (Phi) is 6.19. The van der Waals surface area contributed by atoms with E-state index in [0.717, 1.165) is 25.0 Å². The van der Waals surface area contributed by atoms with Crippen LogP contribution in [0.25, 0.3) is 0 Å². The van der Waals surface area contributed by atoms with E-state index < -0.39 is 0 Å². The SMILES string of the molecule is COc1cc(C)c(NC(=O)c2cccc(OCC3CCCO3)c2)cc1OC. The third-order valence-electron chi connectivity index (χ3n) is 4.53. The van der Waals surface area contributed by atoms with Gasteiger partial charge < -0.3 is 24.3 Å². The number of carbonyl (C=O) groups is 1. The number of hydrogen-bond donors (Lipinski definition) is 1. The van der Waals surface area contributed by atoms with Crippen molar-refractivity contribution in [1.29, 1.82) is 0 Å². The summed E-state index contributed by atoms with van der Waals surface area (Å²) < 4.78 is 21.9. The van der Waals surface area contributed by atoms with Crippen molar-refractivity contribution < 1.29 is 23.7 Å². The summed E-state index contributed by atoms with van der Waals surface area (Å²) >= 11 is 0. The van der Waals surface area contributed by atoms with E-state index in [1.807, 2.05) is 19.1 Å². The molecule has 27 heavy (non-hydrogen) atoms. The lowest BCUT2D eigenvalue weighted by Gasteiger charge is -2.14. The number of hydrogen-bond acceptors (Lipinski definition) is 5. The molecular weight excluding hydrogens is 346 g/mol. The van der Waals surface area contributed by atoms with Crippen LogP contribution in [-0.2, 0) is 4.74 Å². The molecule has 2 aromatic carbocycles. The molecule has 0 radical (unpaired) electrons. The van der Waals surface area contributed by atoms with Gasteiger partial charge in [-0.15, -0.1) is 0 Å². The molecule has 1 heterocycles. The van der Waals surface area contributed by atoms with E-state index in [0.29, 0.717) is 35.1 Å². The van der Waals surface area contributed by atoms with E-state index in [2.05, 4.69) is 5.32 Å². The zero-order valence-electron chi connectivity index (χ0n) is 15.9. The number of carbonyl (C=O) groups excluding carboxylic acids is 1. The van der Waals surface area contributed by atoms with Gasteiger partial charge in [0.05, 0.1) is 20.3 Å². The van der Waals surface area contributed by atoms with E-state index in [1.165, 1.54) is 0 Å². The maximum atomic E-state index is 12.7. The summed E-state index contributed by atoms with van der Waals surface area (Å²) in [6, 6.07) is 10.7. The average Bonchev–Trinajstić information content (AvgIpc) is 3.21. The highest BCUT2D eigenvalue weighted by molar-refractivity contribution is 6.05. The molecule has 1 atom stereocenters. The maximum absolute atomic E-state index is 12.7. The largest absolute Gasteiger partial charge is 0.493 e. The van der Waals surface area contributed by atoms with Gasteiger partial charge in [0.2, 0.25) is 0 Å². The molecule has 0 saturated carbocycles. The summed E-state index contributed by atoms with van der Waals surface area (Å²) in [5.74, 6) is 1.62. The van der Waals surface area contributed by atoms with Crippen molar-refractivity contribution in [3.05, 3.63) is 47.5 Å². The molecule has 1 amide bonds. The van der Waals surface area contributed by atoms with Gasteiger partial charge in [-0.2, -0.15) is 0 Å². The number of amides is 1. The van der Waals surface area contributed by atoms with Crippen LogP contribution in [0.2, 0.25) is 0 Å². The topological polar surface area (TPSA) is 66.0 Å². The van der Waals surface area contributed by atoms with Gasteiger partial charge in [-0.1, -0.05) is 6.07 Å². The predicted molar refractivity (Wildman–Crippen MR) is 103 cm³/mol. The van der Waals surface area contributed by atoms with Gasteiger partial charge >= 0.3 is 0 Å². The molecule has 1 aliphatic heterocycles. The van der Waals surface area contributed by atoms with Crippen LogP contribution in [0, 0.1) is 6.92 Å². The summed E-state index contributed by atoms with van der Waals surface area (Å²) in [5.41, 5.74) is 2.07. The normalized spacial score (nSPS) is 16.0. The summed E-state index contributed by atoms with van der Waals surface area (Å²) in [6.45, 7) is 3.19. The smallest absolute Gasteiger partial charge is 0.255 e. The first-order valence-electron chi connectivity index (χ1n) is 8.99. The van der Waals surface area contributed by atoms with Crippen molar-refractivity contribution in [2.75, 3.05) is 32.8 Å². The lowest BCUT2D eigenvalue weighted by Crippen LogP contribution is -2.17. The van der Waals surface area contributed by atoms with Crippen LogP contribution >= 0.6 is 0 Å². The molecule has 0 aromatic heterocycles. The van der Waals surface area contributed by atoms with Crippen LogP contribution in [0.3, 0.4) is 0 Å². The summed E-state index contributed by atoms with van der Waals surface area (Å²) in [6.07, 6.45) is 2.22. The van der Waals surface area contributed by atoms with Crippen LogP contribution in [-0.4, -0.2) is 39.4 Å². The second-order valence-corrected chi connectivity index (χ2v) is 6.45. The molecule has 1 saturated heterocycles. The molecule has 144 valence electrons. The third-order valence-corrected chi connectivity index (χ3v) is 4.53. The second-order valence-electron chi connectivity index (χ2n) is 6.45. The van der Waals surface area contributed by atoms with Crippen molar-refractivity contribution >= 4 is 11.6 Å². The first-order chi connectivity index (χ1) is 13.1. The van der Waals surface area contributed by atoms with Crippen LogP contribution in [0.15, 0.2) is 36.4 Å². The molecule has 6 heteroatoms. The van der Waals surface area contributed by atoms with Gasteiger partial charge in [0, 0.05) is 23.9 Å². The highest BCUT2D eigenvalue weighted by atomic mass is 16.5.